The summed E-state index contributed by atoms with van der Waals surface area (Å²) in [5, 5.41) is 10.4. The number of aliphatic hydroxyl groups is 1. The van der Waals surface area contributed by atoms with Crippen LogP contribution < -0.4 is 10.3 Å². The molecule has 1 aliphatic rings. The first-order valence-corrected chi connectivity index (χ1v) is 7.75. The van der Waals surface area contributed by atoms with E-state index < -0.39 is 6.10 Å². The predicted octanol–water partition coefficient (Wildman–Crippen LogP) is 2.58. The zero-order chi connectivity index (χ0) is 15.0. The van der Waals surface area contributed by atoms with Crippen molar-refractivity contribution in [3.8, 4) is 5.75 Å². The van der Waals surface area contributed by atoms with Gasteiger partial charge >= 0.3 is 0 Å². The summed E-state index contributed by atoms with van der Waals surface area (Å²) in [5.74, 6) is 0.401. The number of alkyl halides is 1. The summed E-state index contributed by atoms with van der Waals surface area (Å²) in [4.78, 5) is 12.4. The fourth-order valence-corrected chi connectivity index (χ4v) is 3.08. The highest BCUT2D eigenvalue weighted by Crippen LogP contribution is 2.34. The van der Waals surface area contributed by atoms with Crippen LogP contribution in [0.4, 0.5) is 0 Å². The van der Waals surface area contributed by atoms with E-state index in [9.17, 15) is 9.90 Å². The first-order chi connectivity index (χ1) is 10.1. The van der Waals surface area contributed by atoms with Crippen molar-refractivity contribution in [1.82, 2.24) is 4.57 Å². The number of aryl methyl sites for hydroxylation is 2. The Labute approximate surface area is 131 Å². The Kier molecular flexibility index (Phi) is 4.11. The van der Waals surface area contributed by atoms with Crippen molar-refractivity contribution in [3.63, 3.8) is 0 Å². The molecule has 0 saturated heterocycles. The monoisotopic (exact) mass is 327 g/mol. The molecule has 2 heterocycles. The minimum atomic E-state index is -0.795. The zero-order valence-electron chi connectivity index (χ0n) is 11.3. The standard InChI is InChI=1S/C15H15Cl2NO3/c16-7-10(19)8-21-14-11-5-1-3-9-4-2-6-18(13(9)11)15(20)12(14)17/h1,3,5,10,19H,2,4,6-8H2. The van der Waals surface area contributed by atoms with Crippen LogP contribution in [0.25, 0.3) is 10.9 Å². The van der Waals surface area contributed by atoms with Crippen LogP contribution in [-0.2, 0) is 13.0 Å². The first-order valence-electron chi connectivity index (χ1n) is 6.84. The Bertz CT molecular complexity index is 742. The molecule has 0 saturated carbocycles. The molecule has 112 valence electrons. The summed E-state index contributed by atoms with van der Waals surface area (Å²) in [6, 6.07) is 5.83. The minimum Gasteiger partial charge on any atom is -0.488 e. The lowest BCUT2D eigenvalue weighted by molar-refractivity contribution is 0.126. The van der Waals surface area contributed by atoms with E-state index in [-0.39, 0.29) is 23.1 Å². The Morgan fingerprint density at radius 2 is 2.24 bits per heavy atom. The molecule has 0 radical (unpaired) electrons. The second kappa shape index (κ2) is 5.87. The number of nitrogens with zero attached hydrogens (tertiary/aromatic N) is 1. The van der Waals surface area contributed by atoms with Crippen LogP contribution in [0.2, 0.25) is 5.02 Å². The number of pyridine rings is 1. The number of aliphatic hydroxyl groups excluding tert-OH is 1. The van der Waals surface area contributed by atoms with Crippen molar-refractivity contribution in [2.75, 3.05) is 12.5 Å². The second-order valence-corrected chi connectivity index (χ2v) is 5.82. The van der Waals surface area contributed by atoms with Crippen LogP contribution in [0.3, 0.4) is 0 Å². The molecule has 21 heavy (non-hydrogen) atoms. The molecule has 0 bridgehead atoms. The molecular weight excluding hydrogens is 313 g/mol. The van der Waals surface area contributed by atoms with E-state index in [1.165, 1.54) is 0 Å². The fraction of sp³-hybridized carbons (Fsp3) is 0.400. The number of halogens is 2. The molecule has 3 rings (SSSR count). The van der Waals surface area contributed by atoms with Crippen LogP contribution >= 0.6 is 23.2 Å². The molecule has 4 nitrogen and oxygen atoms in total. The third-order valence-corrected chi connectivity index (χ3v) is 4.38. The number of hydrogen-bond donors (Lipinski definition) is 1. The number of aromatic nitrogens is 1. The van der Waals surface area contributed by atoms with Gasteiger partial charge in [0.1, 0.15) is 17.7 Å². The molecular formula is C15H15Cl2NO3. The molecule has 0 spiro atoms. The van der Waals surface area contributed by atoms with Crippen molar-refractivity contribution in [3.05, 3.63) is 39.1 Å². The number of hydrogen-bond acceptors (Lipinski definition) is 3. The van der Waals surface area contributed by atoms with E-state index in [1.807, 2.05) is 18.2 Å². The highest BCUT2D eigenvalue weighted by Gasteiger charge is 2.21. The average Bonchev–Trinajstić information content (AvgIpc) is 2.52. The quantitative estimate of drug-likeness (QED) is 0.878. The summed E-state index contributed by atoms with van der Waals surface area (Å²) in [7, 11) is 0. The van der Waals surface area contributed by atoms with Crippen molar-refractivity contribution in [2.45, 2.75) is 25.5 Å². The van der Waals surface area contributed by atoms with Crippen LogP contribution in [0.15, 0.2) is 23.0 Å². The Balaban J connectivity index is 2.19. The van der Waals surface area contributed by atoms with E-state index in [0.29, 0.717) is 12.3 Å². The SMILES string of the molecule is O=c1c(Cl)c(OCC(O)CCl)c2cccc3c2n1CCC3. The van der Waals surface area contributed by atoms with Gasteiger partial charge in [0.2, 0.25) is 0 Å². The zero-order valence-corrected chi connectivity index (χ0v) is 12.8. The third-order valence-electron chi connectivity index (χ3n) is 3.69. The van der Waals surface area contributed by atoms with Crippen molar-refractivity contribution in [1.29, 1.82) is 0 Å². The Morgan fingerprint density at radius 1 is 1.43 bits per heavy atom. The van der Waals surface area contributed by atoms with Crippen molar-refractivity contribution < 1.29 is 9.84 Å². The van der Waals surface area contributed by atoms with Gasteiger partial charge in [0.05, 0.1) is 11.4 Å². The smallest absolute Gasteiger partial charge is 0.273 e. The van der Waals surface area contributed by atoms with E-state index in [1.54, 1.807) is 4.57 Å². The summed E-state index contributed by atoms with van der Waals surface area (Å²) < 4.78 is 7.29. The van der Waals surface area contributed by atoms with Gasteiger partial charge in [-0.2, -0.15) is 0 Å². The maximum atomic E-state index is 12.4. The maximum Gasteiger partial charge on any atom is 0.273 e. The summed E-state index contributed by atoms with van der Waals surface area (Å²) in [6.45, 7) is 0.669. The number of rotatable bonds is 4. The summed E-state index contributed by atoms with van der Waals surface area (Å²) in [5.41, 5.74) is 1.76. The maximum absolute atomic E-state index is 12.4. The fourth-order valence-electron chi connectivity index (χ4n) is 2.74. The van der Waals surface area contributed by atoms with Gasteiger partial charge in [0.15, 0.2) is 5.75 Å². The molecule has 2 aromatic rings. The number of para-hydroxylation sites is 1. The van der Waals surface area contributed by atoms with Gasteiger partial charge in [-0.05, 0) is 24.5 Å². The molecule has 0 aliphatic carbocycles. The lowest BCUT2D eigenvalue weighted by Gasteiger charge is -2.22. The number of benzene rings is 1. The summed E-state index contributed by atoms with van der Waals surface area (Å²) >= 11 is 11.7. The van der Waals surface area contributed by atoms with Gasteiger partial charge in [-0.15, -0.1) is 11.6 Å². The van der Waals surface area contributed by atoms with E-state index in [4.69, 9.17) is 27.9 Å². The van der Waals surface area contributed by atoms with E-state index in [0.717, 1.165) is 29.3 Å². The first kappa shape index (κ1) is 14.7. The molecule has 6 heteroatoms. The molecule has 1 aromatic carbocycles. The molecule has 0 fully saturated rings. The van der Waals surface area contributed by atoms with Gasteiger partial charge in [-0.25, -0.2) is 0 Å². The lowest BCUT2D eigenvalue weighted by atomic mass is 10.0. The lowest BCUT2D eigenvalue weighted by Crippen LogP contribution is -2.26. The average molecular weight is 328 g/mol. The highest BCUT2D eigenvalue weighted by atomic mass is 35.5. The van der Waals surface area contributed by atoms with Crippen LogP contribution in [-0.4, -0.2) is 28.3 Å². The number of ether oxygens (including phenoxy) is 1. The molecule has 1 atom stereocenters. The molecule has 1 unspecified atom stereocenters. The van der Waals surface area contributed by atoms with Gasteiger partial charge in [0, 0.05) is 11.9 Å². The van der Waals surface area contributed by atoms with Gasteiger partial charge in [-0.1, -0.05) is 23.7 Å². The third kappa shape index (κ3) is 2.52. The van der Waals surface area contributed by atoms with Crippen molar-refractivity contribution >= 4 is 34.1 Å². The van der Waals surface area contributed by atoms with E-state index >= 15 is 0 Å². The van der Waals surface area contributed by atoms with Crippen LogP contribution in [0, 0.1) is 0 Å². The Morgan fingerprint density at radius 3 is 3.00 bits per heavy atom. The minimum absolute atomic E-state index is 0.00595. The topological polar surface area (TPSA) is 51.5 Å². The molecule has 0 amide bonds. The summed E-state index contributed by atoms with van der Waals surface area (Å²) in [6.07, 6.45) is 1.06. The molecule has 1 N–H and O–H groups in total. The van der Waals surface area contributed by atoms with Gasteiger partial charge in [0.25, 0.3) is 5.56 Å². The molecule has 1 aromatic heterocycles. The predicted molar refractivity (Wildman–Crippen MR) is 83.8 cm³/mol. The largest absolute Gasteiger partial charge is 0.488 e. The highest BCUT2D eigenvalue weighted by molar-refractivity contribution is 6.33. The van der Waals surface area contributed by atoms with Crippen LogP contribution in [0.1, 0.15) is 12.0 Å². The molecule has 1 aliphatic heterocycles. The normalized spacial score (nSPS) is 15.2. The van der Waals surface area contributed by atoms with Crippen molar-refractivity contribution in [2.24, 2.45) is 0 Å². The van der Waals surface area contributed by atoms with Crippen LogP contribution in [0.5, 0.6) is 5.75 Å². The van der Waals surface area contributed by atoms with Gasteiger partial charge < -0.3 is 14.4 Å². The van der Waals surface area contributed by atoms with E-state index in [2.05, 4.69) is 0 Å². The van der Waals surface area contributed by atoms with Gasteiger partial charge in [-0.3, -0.25) is 4.79 Å². The Hall–Kier alpha value is -1.23. The second-order valence-electron chi connectivity index (χ2n) is 5.14.